The maximum absolute atomic E-state index is 12.0. The van der Waals surface area contributed by atoms with E-state index in [1.54, 1.807) is 30.3 Å². The van der Waals surface area contributed by atoms with E-state index in [-0.39, 0.29) is 18.4 Å². The molecule has 0 aromatic heterocycles. The van der Waals surface area contributed by atoms with Crippen LogP contribution in [0.2, 0.25) is 5.02 Å². The van der Waals surface area contributed by atoms with Crippen molar-refractivity contribution in [2.24, 2.45) is 0 Å². The van der Waals surface area contributed by atoms with Crippen molar-refractivity contribution in [1.82, 2.24) is 5.32 Å². The van der Waals surface area contributed by atoms with Crippen LogP contribution in [0.25, 0.3) is 0 Å². The molecule has 0 fully saturated rings. The second kappa shape index (κ2) is 7.42. The van der Waals surface area contributed by atoms with Gasteiger partial charge in [0.1, 0.15) is 0 Å². The summed E-state index contributed by atoms with van der Waals surface area (Å²) in [6.45, 7) is 1.77. The molecule has 2 N–H and O–H groups in total. The molecule has 0 atom stereocenters. The molecular weight excluding hydrogens is 368 g/mol. The molecule has 0 radical (unpaired) electrons. The van der Waals surface area contributed by atoms with E-state index < -0.39 is 0 Å². The fourth-order valence-corrected chi connectivity index (χ4v) is 2.56. The van der Waals surface area contributed by atoms with Gasteiger partial charge in [-0.15, -0.1) is 0 Å². The average molecular weight is 382 g/mol. The van der Waals surface area contributed by atoms with Gasteiger partial charge >= 0.3 is 0 Å². The molecule has 0 aliphatic heterocycles. The van der Waals surface area contributed by atoms with Gasteiger partial charge in [0, 0.05) is 10.2 Å². The van der Waals surface area contributed by atoms with Gasteiger partial charge in [0.25, 0.3) is 5.91 Å². The molecule has 2 rings (SSSR count). The number of halogens is 2. The Bertz CT molecular complexity index is 719. The van der Waals surface area contributed by atoms with Crippen LogP contribution < -0.4 is 10.6 Å². The molecule has 0 bridgehead atoms. The number of rotatable bonds is 4. The van der Waals surface area contributed by atoms with E-state index in [9.17, 15) is 9.59 Å². The van der Waals surface area contributed by atoms with E-state index in [0.29, 0.717) is 16.3 Å². The molecule has 0 spiro atoms. The van der Waals surface area contributed by atoms with Gasteiger partial charge in [-0.3, -0.25) is 9.59 Å². The Morgan fingerprint density at radius 1 is 1.18 bits per heavy atom. The first-order valence-corrected chi connectivity index (χ1v) is 7.73. The predicted octanol–water partition coefficient (Wildman–Crippen LogP) is 3.78. The number of hydrogen-bond acceptors (Lipinski definition) is 2. The second-order valence-corrected chi connectivity index (χ2v) is 5.99. The molecule has 0 heterocycles. The van der Waals surface area contributed by atoms with Gasteiger partial charge in [-0.1, -0.05) is 39.7 Å². The summed E-state index contributed by atoms with van der Waals surface area (Å²) in [5.41, 5.74) is 1.98. The van der Waals surface area contributed by atoms with Crippen LogP contribution in [0.1, 0.15) is 15.9 Å². The van der Waals surface area contributed by atoms with E-state index in [0.717, 1.165) is 10.0 Å². The van der Waals surface area contributed by atoms with Crippen LogP contribution in [0.4, 0.5) is 5.69 Å². The van der Waals surface area contributed by atoms with Crippen molar-refractivity contribution in [3.05, 3.63) is 63.1 Å². The Labute approximate surface area is 142 Å². The number of aryl methyl sites for hydroxylation is 1. The van der Waals surface area contributed by atoms with Gasteiger partial charge in [0.2, 0.25) is 5.91 Å². The Morgan fingerprint density at radius 3 is 2.59 bits per heavy atom. The summed E-state index contributed by atoms with van der Waals surface area (Å²) < 4.78 is 0.940. The van der Waals surface area contributed by atoms with Gasteiger partial charge in [-0.25, -0.2) is 0 Å². The summed E-state index contributed by atoms with van der Waals surface area (Å²) in [7, 11) is 0. The number of nitrogens with one attached hydrogen (secondary N) is 2. The van der Waals surface area contributed by atoms with Crippen LogP contribution >= 0.6 is 27.5 Å². The highest BCUT2D eigenvalue weighted by atomic mass is 79.9. The molecule has 22 heavy (non-hydrogen) atoms. The first kappa shape index (κ1) is 16.5. The highest BCUT2D eigenvalue weighted by molar-refractivity contribution is 9.10. The molecule has 0 saturated carbocycles. The third-order valence-corrected chi connectivity index (χ3v) is 3.81. The van der Waals surface area contributed by atoms with Crippen molar-refractivity contribution in [1.29, 1.82) is 0 Å². The number of carbonyl (C=O) groups excluding carboxylic acids is 2. The quantitative estimate of drug-likeness (QED) is 0.847. The maximum atomic E-state index is 12.0. The summed E-state index contributed by atoms with van der Waals surface area (Å²) in [6.07, 6.45) is 0. The average Bonchev–Trinajstić information content (AvgIpc) is 2.48. The van der Waals surface area contributed by atoms with Crippen molar-refractivity contribution in [2.45, 2.75) is 6.92 Å². The largest absolute Gasteiger partial charge is 0.343 e. The number of hydrogen-bond donors (Lipinski definition) is 2. The number of anilines is 1. The number of amides is 2. The van der Waals surface area contributed by atoms with Crippen LogP contribution in [-0.4, -0.2) is 18.4 Å². The van der Waals surface area contributed by atoms with Crippen LogP contribution in [0, 0.1) is 6.92 Å². The van der Waals surface area contributed by atoms with Crippen molar-refractivity contribution in [3.8, 4) is 0 Å². The van der Waals surface area contributed by atoms with E-state index in [1.807, 2.05) is 19.1 Å². The monoisotopic (exact) mass is 380 g/mol. The summed E-state index contributed by atoms with van der Waals surface area (Å²) in [6, 6.07) is 12.2. The van der Waals surface area contributed by atoms with Crippen molar-refractivity contribution in [2.75, 3.05) is 11.9 Å². The molecule has 2 aromatic rings. The third-order valence-electron chi connectivity index (χ3n) is 2.99. The molecule has 0 saturated heterocycles. The fraction of sp³-hybridized carbons (Fsp3) is 0.125. The fourth-order valence-electron chi connectivity index (χ4n) is 1.86. The summed E-state index contributed by atoms with van der Waals surface area (Å²) in [5.74, 6) is -0.681. The SMILES string of the molecule is Cc1cc(Br)ccc1NC(=O)CNC(=O)c1ccccc1Cl. The molecular formula is C16H14BrClN2O2. The second-order valence-electron chi connectivity index (χ2n) is 4.67. The lowest BCUT2D eigenvalue weighted by atomic mass is 10.2. The molecule has 114 valence electrons. The molecule has 0 aliphatic rings. The zero-order valence-corrected chi connectivity index (χ0v) is 14.2. The van der Waals surface area contributed by atoms with Gasteiger partial charge in [0.05, 0.1) is 17.1 Å². The third kappa shape index (κ3) is 4.32. The zero-order chi connectivity index (χ0) is 16.1. The first-order chi connectivity index (χ1) is 10.5. The first-order valence-electron chi connectivity index (χ1n) is 6.56. The molecule has 4 nitrogen and oxygen atoms in total. The molecule has 2 amide bonds. The van der Waals surface area contributed by atoms with Crippen LogP contribution in [0.15, 0.2) is 46.9 Å². The highest BCUT2D eigenvalue weighted by Crippen LogP contribution is 2.19. The summed E-state index contributed by atoms with van der Waals surface area (Å²) in [4.78, 5) is 23.9. The van der Waals surface area contributed by atoms with Crippen LogP contribution in [-0.2, 0) is 4.79 Å². The molecule has 2 aromatic carbocycles. The smallest absolute Gasteiger partial charge is 0.253 e. The minimum absolute atomic E-state index is 0.125. The van der Waals surface area contributed by atoms with E-state index in [2.05, 4.69) is 26.6 Å². The normalized spacial score (nSPS) is 10.1. The number of carbonyl (C=O) groups is 2. The van der Waals surface area contributed by atoms with Gasteiger partial charge in [0.15, 0.2) is 0 Å². The molecule has 0 aliphatic carbocycles. The molecule has 0 unspecified atom stereocenters. The van der Waals surface area contributed by atoms with Crippen molar-refractivity contribution in [3.63, 3.8) is 0 Å². The lowest BCUT2D eigenvalue weighted by Gasteiger charge is -2.10. The van der Waals surface area contributed by atoms with Gasteiger partial charge < -0.3 is 10.6 Å². The Morgan fingerprint density at radius 2 is 1.91 bits per heavy atom. The lowest BCUT2D eigenvalue weighted by molar-refractivity contribution is -0.115. The Hall–Kier alpha value is -1.85. The standard InChI is InChI=1S/C16H14BrClN2O2/c1-10-8-11(17)6-7-14(10)20-15(21)9-19-16(22)12-4-2-3-5-13(12)18/h2-8H,9H2,1H3,(H,19,22)(H,20,21). The van der Waals surface area contributed by atoms with Crippen molar-refractivity contribution >= 4 is 45.0 Å². The minimum Gasteiger partial charge on any atom is -0.343 e. The van der Waals surface area contributed by atoms with Crippen LogP contribution in [0.3, 0.4) is 0 Å². The van der Waals surface area contributed by atoms with Gasteiger partial charge in [-0.05, 0) is 42.8 Å². The topological polar surface area (TPSA) is 58.2 Å². The van der Waals surface area contributed by atoms with Gasteiger partial charge in [-0.2, -0.15) is 0 Å². The van der Waals surface area contributed by atoms with E-state index in [4.69, 9.17) is 11.6 Å². The summed E-state index contributed by atoms with van der Waals surface area (Å²) in [5, 5.41) is 5.65. The summed E-state index contributed by atoms with van der Waals surface area (Å²) >= 11 is 9.30. The Balaban J connectivity index is 1.93. The highest BCUT2D eigenvalue weighted by Gasteiger charge is 2.11. The molecule has 6 heteroatoms. The van der Waals surface area contributed by atoms with E-state index in [1.165, 1.54) is 0 Å². The maximum Gasteiger partial charge on any atom is 0.253 e. The lowest BCUT2D eigenvalue weighted by Crippen LogP contribution is -2.33. The van der Waals surface area contributed by atoms with E-state index >= 15 is 0 Å². The zero-order valence-electron chi connectivity index (χ0n) is 11.8. The van der Waals surface area contributed by atoms with Crippen molar-refractivity contribution < 1.29 is 9.59 Å². The predicted molar refractivity (Wildman–Crippen MR) is 91.3 cm³/mol. The Kier molecular flexibility index (Phi) is 5.57. The number of benzene rings is 2. The minimum atomic E-state index is -0.381. The van der Waals surface area contributed by atoms with Crippen LogP contribution in [0.5, 0.6) is 0 Å².